The minimum absolute atomic E-state index is 0.186. The lowest BCUT2D eigenvalue weighted by atomic mass is 10.2. The summed E-state index contributed by atoms with van der Waals surface area (Å²) >= 11 is 1.25. The maximum Gasteiger partial charge on any atom is 0.326 e. The fraction of sp³-hybridized carbons (Fsp3) is 0.143. The van der Waals surface area contributed by atoms with Crippen molar-refractivity contribution in [2.75, 3.05) is 11.9 Å². The lowest BCUT2D eigenvalue weighted by Crippen LogP contribution is -2.36. The van der Waals surface area contributed by atoms with E-state index in [1.165, 1.54) is 36.5 Å². The van der Waals surface area contributed by atoms with E-state index in [0.717, 1.165) is 17.3 Å². The molecule has 9 heteroatoms. The van der Waals surface area contributed by atoms with Crippen LogP contribution in [0.1, 0.15) is 17.3 Å². The number of rotatable bonds is 7. The molecule has 0 spiro atoms. The molecule has 0 aliphatic rings. The molecule has 0 radical (unpaired) electrons. The van der Waals surface area contributed by atoms with Gasteiger partial charge in [-0.1, -0.05) is 42.5 Å². The number of hydrogen-bond acceptors (Lipinski definition) is 6. The third-order valence-corrected chi connectivity index (χ3v) is 4.75. The Morgan fingerprint density at radius 3 is 2.53 bits per heavy atom. The SMILES string of the molecule is CC(OC(=O)CNC(=O)c1ccccc1F)C(=O)Nc1nc(-c2ccccc2)cs1. The first-order chi connectivity index (χ1) is 14.4. The van der Waals surface area contributed by atoms with Crippen LogP contribution in [0.2, 0.25) is 0 Å². The molecule has 3 rings (SSSR count). The highest BCUT2D eigenvalue weighted by Gasteiger charge is 2.20. The number of benzene rings is 2. The van der Waals surface area contributed by atoms with Crippen LogP contribution in [-0.4, -0.2) is 35.4 Å². The molecule has 1 atom stereocenters. The normalized spacial score (nSPS) is 11.4. The molecule has 1 heterocycles. The number of hydrogen-bond donors (Lipinski definition) is 2. The summed E-state index contributed by atoms with van der Waals surface area (Å²) in [5, 5.41) is 7.02. The molecular formula is C21H18FN3O4S. The quantitative estimate of drug-likeness (QED) is 0.564. The van der Waals surface area contributed by atoms with Crippen LogP contribution >= 0.6 is 11.3 Å². The van der Waals surface area contributed by atoms with Gasteiger partial charge in [0, 0.05) is 10.9 Å². The van der Waals surface area contributed by atoms with Gasteiger partial charge in [-0.25, -0.2) is 9.37 Å². The van der Waals surface area contributed by atoms with E-state index in [1.54, 1.807) is 5.38 Å². The van der Waals surface area contributed by atoms with Crippen molar-refractivity contribution in [1.29, 1.82) is 0 Å². The van der Waals surface area contributed by atoms with E-state index in [0.29, 0.717) is 5.13 Å². The summed E-state index contributed by atoms with van der Waals surface area (Å²) < 4.78 is 18.6. The molecular weight excluding hydrogens is 409 g/mol. The average molecular weight is 427 g/mol. The summed E-state index contributed by atoms with van der Waals surface area (Å²) in [6.07, 6.45) is -1.10. The first-order valence-corrected chi connectivity index (χ1v) is 9.86. The van der Waals surface area contributed by atoms with Crippen molar-refractivity contribution in [1.82, 2.24) is 10.3 Å². The molecule has 0 saturated heterocycles. The lowest BCUT2D eigenvalue weighted by molar-refractivity contribution is -0.152. The number of carbonyl (C=O) groups is 3. The summed E-state index contributed by atoms with van der Waals surface area (Å²) in [4.78, 5) is 40.4. The third kappa shape index (κ3) is 5.48. The van der Waals surface area contributed by atoms with Gasteiger partial charge in [-0.05, 0) is 19.1 Å². The smallest absolute Gasteiger partial charge is 0.326 e. The lowest BCUT2D eigenvalue weighted by Gasteiger charge is -2.13. The summed E-state index contributed by atoms with van der Waals surface area (Å²) in [5.74, 6) is -2.84. The Morgan fingerprint density at radius 1 is 1.10 bits per heavy atom. The molecule has 2 amide bonds. The van der Waals surface area contributed by atoms with Crippen molar-refractivity contribution in [3.05, 3.63) is 71.4 Å². The number of halogens is 1. The van der Waals surface area contributed by atoms with Crippen LogP contribution in [0.25, 0.3) is 11.3 Å². The highest BCUT2D eigenvalue weighted by atomic mass is 32.1. The molecule has 0 aliphatic carbocycles. The van der Waals surface area contributed by atoms with Gasteiger partial charge in [0.2, 0.25) is 0 Å². The van der Waals surface area contributed by atoms with Crippen molar-refractivity contribution >= 4 is 34.3 Å². The summed E-state index contributed by atoms with van der Waals surface area (Å²) in [6, 6.07) is 14.9. The summed E-state index contributed by atoms with van der Waals surface area (Å²) in [5.41, 5.74) is 1.45. The largest absolute Gasteiger partial charge is 0.451 e. The number of carbonyl (C=O) groups excluding carboxylic acids is 3. The van der Waals surface area contributed by atoms with Gasteiger partial charge in [0.25, 0.3) is 11.8 Å². The van der Waals surface area contributed by atoms with Gasteiger partial charge in [-0.15, -0.1) is 11.3 Å². The van der Waals surface area contributed by atoms with Gasteiger partial charge in [0.05, 0.1) is 11.3 Å². The second kappa shape index (κ2) is 9.75. The molecule has 0 aliphatic heterocycles. The van der Waals surface area contributed by atoms with Crippen LogP contribution < -0.4 is 10.6 Å². The van der Waals surface area contributed by atoms with Crippen LogP contribution in [0.15, 0.2) is 60.0 Å². The zero-order valence-corrected chi connectivity index (χ0v) is 16.7. The number of anilines is 1. The minimum atomic E-state index is -1.10. The van der Waals surface area contributed by atoms with E-state index >= 15 is 0 Å². The topological polar surface area (TPSA) is 97.4 Å². The first kappa shape index (κ1) is 21.1. The van der Waals surface area contributed by atoms with Crippen LogP contribution in [0.5, 0.6) is 0 Å². The Hall–Kier alpha value is -3.59. The van der Waals surface area contributed by atoms with E-state index in [2.05, 4.69) is 15.6 Å². The minimum Gasteiger partial charge on any atom is -0.451 e. The highest BCUT2D eigenvalue weighted by molar-refractivity contribution is 7.14. The fourth-order valence-electron chi connectivity index (χ4n) is 2.47. The van der Waals surface area contributed by atoms with E-state index in [9.17, 15) is 18.8 Å². The number of nitrogens with one attached hydrogen (secondary N) is 2. The third-order valence-electron chi connectivity index (χ3n) is 3.99. The van der Waals surface area contributed by atoms with E-state index < -0.39 is 36.2 Å². The molecule has 7 nitrogen and oxygen atoms in total. The van der Waals surface area contributed by atoms with Crippen LogP contribution in [0.3, 0.4) is 0 Å². The second-order valence-corrected chi connectivity index (χ2v) is 7.05. The van der Waals surface area contributed by atoms with Crippen LogP contribution in [0.4, 0.5) is 9.52 Å². The van der Waals surface area contributed by atoms with Gasteiger partial charge in [-0.3, -0.25) is 19.7 Å². The van der Waals surface area contributed by atoms with Gasteiger partial charge >= 0.3 is 5.97 Å². The first-order valence-electron chi connectivity index (χ1n) is 8.98. The second-order valence-electron chi connectivity index (χ2n) is 6.19. The number of aromatic nitrogens is 1. The highest BCUT2D eigenvalue weighted by Crippen LogP contribution is 2.24. The molecule has 2 N–H and O–H groups in total. The molecule has 0 saturated carbocycles. The van der Waals surface area contributed by atoms with Gasteiger partial charge < -0.3 is 10.1 Å². The van der Waals surface area contributed by atoms with E-state index in [1.807, 2.05) is 30.3 Å². The zero-order chi connectivity index (χ0) is 21.5. The Balaban J connectivity index is 1.48. The van der Waals surface area contributed by atoms with Crippen molar-refractivity contribution in [3.8, 4) is 11.3 Å². The number of amides is 2. The monoisotopic (exact) mass is 427 g/mol. The predicted molar refractivity (Wildman–Crippen MR) is 110 cm³/mol. The van der Waals surface area contributed by atoms with E-state index in [4.69, 9.17) is 4.74 Å². The molecule has 0 bridgehead atoms. The zero-order valence-electron chi connectivity index (χ0n) is 15.9. The maximum atomic E-state index is 13.6. The van der Waals surface area contributed by atoms with Crippen molar-refractivity contribution in [2.24, 2.45) is 0 Å². The van der Waals surface area contributed by atoms with Crippen molar-refractivity contribution in [3.63, 3.8) is 0 Å². The molecule has 3 aromatic rings. The molecule has 2 aromatic carbocycles. The Morgan fingerprint density at radius 2 is 1.80 bits per heavy atom. The van der Waals surface area contributed by atoms with Crippen molar-refractivity contribution in [2.45, 2.75) is 13.0 Å². The molecule has 0 fully saturated rings. The van der Waals surface area contributed by atoms with Crippen LogP contribution in [0, 0.1) is 5.82 Å². The summed E-state index contributed by atoms with van der Waals surface area (Å²) in [6.45, 7) is 0.901. The molecule has 154 valence electrons. The maximum absolute atomic E-state index is 13.6. The van der Waals surface area contributed by atoms with Crippen molar-refractivity contribution < 1.29 is 23.5 Å². The predicted octanol–water partition coefficient (Wildman–Crippen LogP) is 3.25. The molecule has 1 aromatic heterocycles. The van der Waals surface area contributed by atoms with Gasteiger partial charge in [-0.2, -0.15) is 0 Å². The molecule has 1 unspecified atom stereocenters. The summed E-state index contributed by atoms with van der Waals surface area (Å²) in [7, 11) is 0. The molecule has 30 heavy (non-hydrogen) atoms. The fourth-order valence-corrected chi connectivity index (χ4v) is 3.19. The Kier molecular flexibility index (Phi) is 6.87. The average Bonchev–Trinajstić information content (AvgIpc) is 3.21. The van der Waals surface area contributed by atoms with E-state index in [-0.39, 0.29) is 5.56 Å². The number of esters is 1. The van der Waals surface area contributed by atoms with Gasteiger partial charge in [0.15, 0.2) is 11.2 Å². The standard InChI is InChI=1S/C21H18FN3O4S/c1-13(29-18(26)11-23-20(28)15-9-5-6-10-16(15)22)19(27)25-21-24-17(12-30-21)14-7-3-2-4-8-14/h2-10,12-13H,11H2,1H3,(H,23,28)(H,24,25,27). The van der Waals surface area contributed by atoms with Crippen LogP contribution in [-0.2, 0) is 14.3 Å². The number of thiazole rings is 1. The number of nitrogens with zero attached hydrogens (tertiary/aromatic N) is 1. The Labute approximate surface area is 175 Å². The Bertz CT molecular complexity index is 1060. The number of ether oxygens (including phenoxy) is 1. The van der Waals surface area contributed by atoms with Gasteiger partial charge in [0.1, 0.15) is 12.4 Å².